The van der Waals surface area contributed by atoms with Crippen molar-refractivity contribution in [2.75, 3.05) is 30.4 Å². The van der Waals surface area contributed by atoms with E-state index >= 15 is 0 Å². The molecule has 0 bridgehead atoms. The number of carbonyl (C=O) groups excluding carboxylic acids is 1. The summed E-state index contributed by atoms with van der Waals surface area (Å²) in [4.78, 5) is 13.9. The first kappa shape index (κ1) is 16.0. The molecule has 0 aromatic heterocycles. The molecule has 1 saturated heterocycles. The molecular weight excluding hydrogens is 288 g/mol. The lowest BCUT2D eigenvalue weighted by Gasteiger charge is -2.22. The Labute approximate surface area is 126 Å². The van der Waals surface area contributed by atoms with Gasteiger partial charge in [-0.25, -0.2) is 8.42 Å². The van der Waals surface area contributed by atoms with E-state index in [9.17, 15) is 13.2 Å². The van der Waals surface area contributed by atoms with Crippen LogP contribution in [-0.4, -0.2) is 50.4 Å². The van der Waals surface area contributed by atoms with Gasteiger partial charge in [0.15, 0.2) is 9.84 Å². The van der Waals surface area contributed by atoms with Crippen LogP contribution in [0, 0.1) is 13.8 Å². The highest BCUT2D eigenvalue weighted by molar-refractivity contribution is 7.91. The molecule has 116 valence electrons. The van der Waals surface area contributed by atoms with Crippen molar-refractivity contribution in [2.45, 2.75) is 26.3 Å². The highest BCUT2D eigenvalue weighted by Crippen LogP contribution is 2.17. The average Bonchev–Trinajstić information content (AvgIpc) is 2.68. The minimum atomic E-state index is -2.92. The summed E-state index contributed by atoms with van der Waals surface area (Å²) >= 11 is 0. The zero-order chi connectivity index (χ0) is 15.6. The molecule has 1 aliphatic rings. The average molecular weight is 310 g/mol. The largest absolute Gasteiger partial charge is 0.325 e. The Hall–Kier alpha value is -1.40. The van der Waals surface area contributed by atoms with Gasteiger partial charge in [0, 0.05) is 11.7 Å². The third kappa shape index (κ3) is 4.54. The lowest BCUT2D eigenvalue weighted by atomic mass is 10.1. The molecule has 0 radical (unpaired) electrons. The van der Waals surface area contributed by atoms with Crippen molar-refractivity contribution in [1.82, 2.24) is 4.90 Å². The molecule has 0 spiro atoms. The van der Waals surface area contributed by atoms with Gasteiger partial charge in [-0.3, -0.25) is 9.69 Å². The SMILES string of the molecule is Cc1cc(C)cc(NC(=O)CN(C)[C@H]2CCS(=O)(=O)C2)c1. The Morgan fingerprint density at radius 3 is 2.43 bits per heavy atom. The Morgan fingerprint density at radius 1 is 1.29 bits per heavy atom. The summed E-state index contributed by atoms with van der Waals surface area (Å²) in [5.74, 6) is 0.257. The maximum absolute atomic E-state index is 12.1. The maximum Gasteiger partial charge on any atom is 0.238 e. The zero-order valence-corrected chi connectivity index (χ0v) is 13.5. The van der Waals surface area contributed by atoms with E-state index in [0.717, 1.165) is 16.8 Å². The minimum Gasteiger partial charge on any atom is -0.325 e. The van der Waals surface area contributed by atoms with Crippen molar-refractivity contribution < 1.29 is 13.2 Å². The number of nitrogens with one attached hydrogen (secondary N) is 1. The predicted molar refractivity (Wildman–Crippen MR) is 84.2 cm³/mol. The van der Waals surface area contributed by atoms with E-state index in [1.807, 2.05) is 36.9 Å². The molecule has 1 atom stereocenters. The second kappa shape index (κ2) is 6.15. The van der Waals surface area contributed by atoms with Gasteiger partial charge in [0.2, 0.25) is 5.91 Å². The van der Waals surface area contributed by atoms with Crippen LogP contribution in [0.2, 0.25) is 0 Å². The van der Waals surface area contributed by atoms with Gasteiger partial charge in [0.05, 0.1) is 18.1 Å². The Bertz CT molecular complexity index is 620. The highest BCUT2D eigenvalue weighted by Gasteiger charge is 2.31. The summed E-state index contributed by atoms with van der Waals surface area (Å²) in [7, 11) is -1.12. The Morgan fingerprint density at radius 2 is 1.90 bits per heavy atom. The number of hydrogen-bond donors (Lipinski definition) is 1. The van der Waals surface area contributed by atoms with Gasteiger partial charge in [0.1, 0.15) is 0 Å². The molecule has 5 nitrogen and oxygen atoms in total. The number of aryl methyl sites for hydroxylation is 2. The van der Waals surface area contributed by atoms with Gasteiger partial charge in [0.25, 0.3) is 0 Å². The van der Waals surface area contributed by atoms with E-state index in [4.69, 9.17) is 0 Å². The van der Waals surface area contributed by atoms with E-state index in [2.05, 4.69) is 5.32 Å². The summed E-state index contributed by atoms with van der Waals surface area (Å²) in [5.41, 5.74) is 2.98. The van der Waals surface area contributed by atoms with Crippen molar-refractivity contribution in [3.63, 3.8) is 0 Å². The van der Waals surface area contributed by atoms with Crippen LogP contribution in [0.1, 0.15) is 17.5 Å². The second-order valence-corrected chi connectivity index (χ2v) is 8.13. The summed E-state index contributed by atoms with van der Waals surface area (Å²) < 4.78 is 22.9. The topological polar surface area (TPSA) is 66.5 Å². The maximum atomic E-state index is 12.1. The van der Waals surface area contributed by atoms with E-state index in [-0.39, 0.29) is 30.0 Å². The monoisotopic (exact) mass is 310 g/mol. The molecule has 1 aromatic carbocycles. The normalized spacial score (nSPS) is 20.7. The number of sulfone groups is 1. The fourth-order valence-electron chi connectivity index (χ4n) is 2.73. The lowest BCUT2D eigenvalue weighted by molar-refractivity contribution is -0.117. The molecule has 1 aromatic rings. The smallest absolute Gasteiger partial charge is 0.238 e. The van der Waals surface area contributed by atoms with Crippen molar-refractivity contribution in [1.29, 1.82) is 0 Å². The van der Waals surface area contributed by atoms with Crippen LogP contribution in [0.4, 0.5) is 5.69 Å². The Balaban J connectivity index is 1.92. The van der Waals surface area contributed by atoms with Gasteiger partial charge in [-0.2, -0.15) is 0 Å². The summed E-state index contributed by atoms with van der Waals surface area (Å²) in [6, 6.07) is 5.83. The number of likely N-dealkylation sites (N-methyl/N-ethyl adjacent to an activating group) is 1. The van der Waals surface area contributed by atoms with Gasteiger partial charge >= 0.3 is 0 Å². The van der Waals surface area contributed by atoms with Crippen LogP contribution in [0.25, 0.3) is 0 Å². The molecule has 0 unspecified atom stereocenters. The van der Waals surface area contributed by atoms with Gasteiger partial charge in [-0.05, 0) is 50.6 Å². The zero-order valence-electron chi connectivity index (χ0n) is 12.7. The predicted octanol–water partition coefficient (Wildman–Crippen LogP) is 1.36. The van der Waals surface area contributed by atoms with Crippen molar-refractivity contribution in [3.05, 3.63) is 29.3 Å². The standard InChI is InChI=1S/C15H22N2O3S/c1-11-6-12(2)8-13(7-11)16-15(18)9-17(3)14-4-5-21(19,20)10-14/h6-8,14H,4-5,9-10H2,1-3H3,(H,16,18)/t14-/m0/s1. The van der Waals surface area contributed by atoms with Crippen LogP contribution in [-0.2, 0) is 14.6 Å². The van der Waals surface area contributed by atoms with E-state index in [1.54, 1.807) is 7.05 Å². The summed E-state index contributed by atoms with van der Waals surface area (Å²) in [6.45, 7) is 4.17. The number of benzene rings is 1. The number of amides is 1. The number of hydrogen-bond acceptors (Lipinski definition) is 4. The number of nitrogens with zero attached hydrogens (tertiary/aromatic N) is 1. The van der Waals surface area contributed by atoms with Crippen molar-refractivity contribution in [2.24, 2.45) is 0 Å². The number of anilines is 1. The Kier molecular flexibility index (Phi) is 4.68. The molecule has 0 saturated carbocycles. The van der Waals surface area contributed by atoms with Crippen LogP contribution < -0.4 is 5.32 Å². The summed E-state index contributed by atoms with van der Waals surface area (Å²) in [5, 5.41) is 2.87. The quantitative estimate of drug-likeness (QED) is 0.912. The lowest BCUT2D eigenvalue weighted by Crippen LogP contribution is -2.38. The van der Waals surface area contributed by atoms with Crippen molar-refractivity contribution in [3.8, 4) is 0 Å². The fraction of sp³-hybridized carbons (Fsp3) is 0.533. The number of rotatable bonds is 4. The van der Waals surface area contributed by atoms with Crippen LogP contribution in [0.15, 0.2) is 18.2 Å². The first-order valence-electron chi connectivity index (χ1n) is 7.04. The van der Waals surface area contributed by atoms with Gasteiger partial charge < -0.3 is 5.32 Å². The molecule has 1 aliphatic heterocycles. The molecule has 2 rings (SSSR count). The molecule has 6 heteroatoms. The molecule has 1 amide bonds. The van der Waals surface area contributed by atoms with Crippen LogP contribution >= 0.6 is 0 Å². The van der Waals surface area contributed by atoms with E-state index < -0.39 is 9.84 Å². The minimum absolute atomic E-state index is 0.0556. The van der Waals surface area contributed by atoms with Gasteiger partial charge in [-0.1, -0.05) is 6.07 Å². The van der Waals surface area contributed by atoms with E-state index in [0.29, 0.717) is 6.42 Å². The van der Waals surface area contributed by atoms with Gasteiger partial charge in [-0.15, -0.1) is 0 Å². The fourth-order valence-corrected chi connectivity index (χ4v) is 4.53. The molecular formula is C15H22N2O3S. The second-order valence-electron chi connectivity index (χ2n) is 5.90. The molecule has 0 aliphatic carbocycles. The molecule has 21 heavy (non-hydrogen) atoms. The van der Waals surface area contributed by atoms with Crippen LogP contribution in [0.3, 0.4) is 0 Å². The first-order valence-corrected chi connectivity index (χ1v) is 8.86. The van der Waals surface area contributed by atoms with E-state index in [1.165, 1.54) is 0 Å². The molecule has 1 fully saturated rings. The van der Waals surface area contributed by atoms with Crippen LogP contribution in [0.5, 0.6) is 0 Å². The summed E-state index contributed by atoms with van der Waals surface area (Å²) in [6.07, 6.45) is 0.607. The molecule has 1 N–H and O–H groups in total. The first-order chi connectivity index (χ1) is 9.75. The third-order valence-electron chi connectivity index (χ3n) is 3.73. The van der Waals surface area contributed by atoms with Crippen molar-refractivity contribution >= 4 is 21.4 Å². The molecule has 1 heterocycles. The highest BCUT2D eigenvalue weighted by atomic mass is 32.2. The number of carbonyl (C=O) groups is 1. The third-order valence-corrected chi connectivity index (χ3v) is 5.48.